The molecule has 0 aliphatic rings. The van der Waals surface area contributed by atoms with Crippen LogP contribution in [0.5, 0.6) is 0 Å². The summed E-state index contributed by atoms with van der Waals surface area (Å²) in [5.74, 6) is 0. The Morgan fingerprint density at radius 2 is 1.08 bits per heavy atom. The van der Waals surface area contributed by atoms with Crippen molar-refractivity contribution in [1.29, 1.82) is 0 Å². The lowest BCUT2D eigenvalue weighted by molar-refractivity contribution is 1.32. The number of halogens is 7. The molecular weight excluding hydrogens is 466 g/mol. The molecule has 0 spiro atoms. The molecule has 1 nitrogen and oxygen atoms in total. The zero-order chi connectivity index (χ0) is 18.3. The van der Waals surface area contributed by atoms with Crippen molar-refractivity contribution in [3.8, 4) is 22.4 Å². The molecule has 0 atom stereocenters. The summed E-state index contributed by atoms with van der Waals surface area (Å²) in [5, 5.41) is 2.36. The minimum absolute atomic E-state index is 0.273. The maximum absolute atomic E-state index is 6.36. The smallest absolute Gasteiger partial charge is 0.129 e. The van der Waals surface area contributed by atoms with Gasteiger partial charge in [-0.3, -0.25) is 0 Å². The topological polar surface area (TPSA) is 12.9 Å². The fourth-order valence-corrected chi connectivity index (χ4v) is 3.88. The van der Waals surface area contributed by atoms with E-state index in [4.69, 9.17) is 81.2 Å². The zero-order valence-electron chi connectivity index (χ0n) is 12.1. The summed E-state index contributed by atoms with van der Waals surface area (Å²) in [6, 6.07) is 9.82. The molecule has 8 heteroatoms. The zero-order valence-corrected chi connectivity index (χ0v) is 17.3. The van der Waals surface area contributed by atoms with Gasteiger partial charge in [0, 0.05) is 26.7 Å². The van der Waals surface area contributed by atoms with Crippen LogP contribution in [0.3, 0.4) is 0 Å². The Hall–Kier alpha value is -0.380. The van der Waals surface area contributed by atoms with Gasteiger partial charge in [0.25, 0.3) is 0 Å². The normalized spacial score (nSPS) is 11.0. The first-order valence-corrected chi connectivity index (χ1v) is 9.39. The van der Waals surface area contributed by atoms with Gasteiger partial charge in [-0.2, -0.15) is 0 Å². The number of nitrogens with zero attached hydrogens (tertiary/aromatic N) is 1. The SMILES string of the molecule is Clc1cc(Cl)c(Cl)c(-c2ccc(Cl)nc2-c2cc(Cl)cc(Cl)c2Cl)c1. The lowest BCUT2D eigenvalue weighted by atomic mass is 9.99. The van der Waals surface area contributed by atoms with Crippen molar-refractivity contribution in [2.24, 2.45) is 0 Å². The third-order valence-electron chi connectivity index (χ3n) is 3.39. The number of aromatic nitrogens is 1. The molecule has 0 saturated carbocycles. The van der Waals surface area contributed by atoms with E-state index < -0.39 is 0 Å². The van der Waals surface area contributed by atoms with E-state index in [9.17, 15) is 0 Å². The van der Waals surface area contributed by atoms with Crippen LogP contribution in [-0.2, 0) is 0 Å². The quantitative estimate of drug-likeness (QED) is 0.268. The van der Waals surface area contributed by atoms with Crippen LogP contribution >= 0.6 is 81.2 Å². The van der Waals surface area contributed by atoms with Gasteiger partial charge in [0.2, 0.25) is 0 Å². The van der Waals surface area contributed by atoms with Gasteiger partial charge in [-0.1, -0.05) is 81.2 Å². The molecule has 0 aliphatic carbocycles. The predicted octanol–water partition coefficient (Wildman–Crippen LogP) is 8.99. The first kappa shape index (κ1) is 19.4. The summed E-state index contributed by atoms with van der Waals surface area (Å²) < 4.78 is 0. The largest absolute Gasteiger partial charge is 0.235 e. The average molecular weight is 472 g/mol. The van der Waals surface area contributed by atoms with Crippen molar-refractivity contribution in [3.63, 3.8) is 0 Å². The number of hydrogen-bond acceptors (Lipinski definition) is 1. The fraction of sp³-hybridized carbons (Fsp3) is 0. The molecule has 0 saturated heterocycles. The first-order valence-electron chi connectivity index (χ1n) is 6.74. The van der Waals surface area contributed by atoms with Crippen molar-refractivity contribution in [2.45, 2.75) is 0 Å². The molecule has 0 amide bonds. The second kappa shape index (κ2) is 7.70. The Kier molecular flexibility index (Phi) is 5.97. The van der Waals surface area contributed by atoms with E-state index in [0.29, 0.717) is 52.5 Å². The van der Waals surface area contributed by atoms with Crippen LogP contribution in [-0.4, -0.2) is 4.98 Å². The highest BCUT2D eigenvalue weighted by Crippen LogP contribution is 2.44. The Bertz CT molecular complexity index is 985. The summed E-state index contributed by atoms with van der Waals surface area (Å²) in [7, 11) is 0. The van der Waals surface area contributed by atoms with Gasteiger partial charge >= 0.3 is 0 Å². The molecule has 0 N–H and O–H groups in total. The molecule has 0 bridgehead atoms. The third-order valence-corrected chi connectivity index (χ3v) is 5.64. The Labute approximate surface area is 179 Å². The Morgan fingerprint density at radius 1 is 0.560 bits per heavy atom. The summed E-state index contributed by atoms with van der Waals surface area (Å²) in [6.45, 7) is 0. The van der Waals surface area contributed by atoms with Crippen LogP contribution in [0.4, 0.5) is 0 Å². The van der Waals surface area contributed by atoms with Crippen molar-refractivity contribution in [2.75, 3.05) is 0 Å². The third kappa shape index (κ3) is 3.99. The molecule has 3 aromatic rings. The number of pyridine rings is 1. The summed E-state index contributed by atoms with van der Waals surface area (Å²) in [4.78, 5) is 4.38. The molecule has 2 aromatic carbocycles. The monoisotopic (exact) mass is 469 g/mol. The molecular formula is C17H6Cl7N. The molecule has 25 heavy (non-hydrogen) atoms. The second-order valence-electron chi connectivity index (χ2n) is 5.03. The van der Waals surface area contributed by atoms with E-state index in [1.807, 2.05) is 0 Å². The van der Waals surface area contributed by atoms with E-state index in [-0.39, 0.29) is 5.15 Å². The fourth-order valence-electron chi connectivity index (χ4n) is 2.34. The number of hydrogen-bond donors (Lipinski definition) is 0. The van der Waals surface area contributed by atoms with Gasteiger partial charge in [-0.05, 0) is 36.4 Å². The van der Waals surface area contributed by atoms with Crippen LogP contribution in [0.2, 0.25) is 35.3 Å². The second-order valence-corrected chi connectivity index (χ2v) is 7.86. The molecule has 0 fully saturated rings. The standard InChI is InChI=1S/C17H6Cl7N/c18-7-3-10(15(23)12(20)5-7)9-1-2-14(22)25-17(9)11-4-8(19)6-13(21)16(11)24/h1-6H. The van der Waals surface area contributed by atoms with E-state index in [1.54, 1.807) is 36.4 Å². The van der Waals surface area contributed by atoms with Gasteiger partial charge in [0.15, 0.2) is 0 Å². The minimum atomic E-state index is 0.273. The van der Waals surface area contributed by atoms with E-state index >= 15 is 0 Å². The Morgan fingerprint density at radius 3 is 1.68 bits per heavy atom. The highest BCUT2D eigenvalue weighted by molar-refractivity contribution is 6.46. The molecule has 1 heterocycles. The van der Waals surface area contributed by atoms with Gasteiger partial charge in [0.1, 0.15) is 5.15 Å². The van der Waals surface area contributed by atoms with E-state index in [2.05, 4.69) is 4.98 Å². The molecule has 0 radical (unpaired) electrons. The minimum Gasteiger partial charge on any atom is -0.235 e. The van der Waals surface area contributed by atoms with Crippen LogP contribution in [0.1, 0.15) is 0 Å². The van der Waals surface area contributed by atoms with Crippen LogP contribution < -0.4 is 0 Å². The number of benzene rings is 2. The highest BCUT2D eigenvalue weighted by Gasteiger charge is 2.19. The van der Waals surface area contributed by atoms with Crippen LogP contribution in [0, 0.1) is 0 Å². The van der Waals surface area contributed by atoms with Crippen LogP contribution in [0.25, 0.3) is 22.4 Å². The summed E-state index contributed by atoms with van der Waals surface area (Å²) in [6.07, 6.45) is 0. The average Bonchev–Trinajstić information content (AvgIpc) is 2.54. The van der Waals surface area contributed by atoms with Gasteiger partial charge in [-0.15, -0.1) is 0 Å². The summed E-state index contributed by atoms with van der Waals surface area (Å²) >= 11 is 43.3. The lowest BCUT2D eigenvalue weighted by Gasteiger charge is -2.14. The van der Waals surface area contributed by atoms with Crippen molar-refractivity contribution < 1.29 is 0 Å². The van der Waals surface area contributed by atoms with Gasteiger partial charge < -0.3 is 0 Å². The lowest BCUT2D eigenvalue weighted by Crippen LogP contribution is -1.93. The van der Waals surface area contributed by atoms with Crippen molar-refractivity contribution in [1.82, 2.24) is 4.98 Å². The molecule has 0 unspecified atom stereocenters. The Balaban J connectivity index is 2.36. The molecule has 3 rings (SSSR count). The van der Waals surface area contributed by atoms with Gasteiger partial charge in [-0.25, -0.2) is 4.98 Å². The van der Waals surface area contributed by atoms with Gasteiger partial charge in [0.05, 0.1) is 25.8 Å². The van der Waals surface area contributed by atoms with E-state index in [0.717, 1.165) is 0 Å². The van der Waals surface area contributed by atoms with E-state index in [1.165, 1.54) is 0 Å². The molecule has 1 aromatic heterocycles. The molecule has 128 valence electrons. The van der Waals surface area contributed by atoms with Crippen molar-refractivity contribution >= 4 is 81.2 Å². The van der Waals surface area contributed by atoms with Crippen LogP contribution in [0.15, 0.2) is 36.4 Å². The number of rotatable bonds is 2. The maximum Gasteiger partial charge on any atom is 0.129 e. The predicted molar refractivity (Wildman–Crippen MR) is 110 cm³/mol. The maximum atomic E-state index is 6.36. The first-order chi connectivity index (χ1) is 11.8. The highest BCUT2D eigenvalue weighted by atomic mass is 35.5. The molecule has 0 aliphatic heterocycles. The summed E-state index contributed by atoms with van der Waals surface area (Å²) in [5.41, 5.74) is 2.20. The van der Waals surface area contributed by atoms with Crippen molar-refractivity contribution in [3.05, 3.63) is 71.7 Å².